The van der Waals surface area contributed by atoms with Crippen molar-refractivity contribution in [2.24, 2.45) is 0 Å². The van der Waals surface area contributed by atoms with Gasteiger partial charge in [0.25, 0.3) is 0 Å². The van der Waals surface area contributed by atoms with Crippen LogP contribution in [-0.4, -0.2) is 36.1 Å². The van der Waals surface area contributed by atoms with Gasteiger partial charge in [-0.25, -0.2) is 0 Å². The van der Waals surface area contributed by atoms with Gasteiger partial charge in [0.1, 0.15) is 0 Å². The van der Waals surface area contributed by atoms with Crippen molar-refractivity contribution in [3.05, 3.63) is 46.0 Å². The van der Waals surface area contributed by atoms with E-state index in [1.807, 2.05) is 0 Å². The van der Waals surface area contributed by atoms with Crippen molar-refractivity contribution in [1.29, 1.82) is 0 Å². The van der Waals surface area contributed by atoms with E-state index in [2.05, 4.69) is 0 Å². The summed E-state index contributed by atoms with van der Waals surface area (Å²) in [7, 11) is -1.84. The molecule has 0 fully saturated rings. The topological polar surface area (TPSA) is 98.9 Å². The lowest BCUT2D eigenvalue weighted by Gasteiger charge is -2.29. The van der Waals surface area contributed by atoms with Crippen LogP contribution in [-0.2, 0) is 20.0 Å². The van der Waals surface area contributed by atoms with Crippen LogP contribution in [0.3, 0.4) is 0 Å². The second-order valence-corrected chi connectivity index (χ2v) is 6.56. The van der Waals surface area contributed by atoms with Gasteiger partial charge in [0.15, 0.2) is 0 Å². The standard InChI is InChI=1S/C11H16NO6P/c1-17-19(16,18-2)11(13,9-12(14)15)8-10-6-4-3-5-7-10/h3-7,13H,8-9H2,1-2H3. The molecular formula is C11H16NO6P. The van der Waals surface area contributed by atoms with Gasteiger partial charge in [0.2, 0.25) is 11.9 Å². The van der Waals surface area contributed by atoms with Gasteiger partial charge in [0, 0.05) is 25.6 Å². The molecule has 1 atom stereocenters. The molecule has 1 rings (SSSR count). The Kier molecular flexibility index (Phi) is 5.20. The minimum Gasteiger partial charge on any atom is -0.372 e. The molecular weight excluding hydrogens is 273 g/mol. The minimum absolute atomic E-state index is 0.201. The first-order valence-corrected chi connectivity index (χ1v) is 7.01. The summed E-state index contributed by atoms with van der Waals surface area (Å²) < 4.78 is 21.7. The third-order valence-electron chi connectivity index (χ3n) is 2.70. The number of hydrogen-bond acceptors (Lipinski definition) is 6. The molecule has 0 saturated heterocycles. The quantitative estimate of drug-likeness (QED) is 0.466. The van der Waals surface area contributed by atoms with Gasteiger partial charge in [0.05, 0.1) is 0 Å². The number of nitro groups is 1. The van der Waals surface area contributed by atoms with E-state index in [1.54, 1.807) is 30.3 Å². The molecule has 106 valence electrons. The molecule has 1 aromatic rings. The summed E-state index contributed by atoms with van der Waals surface area (Å²) in [6, 6.07) is 8.53. The first-order valence-electron chi connectivity index (χ1n) is 5.46. The Labute approximate surface area is 110 Å². The third kappa shape index (κ3) is 3.61. The Morgan fingerprint density at radius 3 is 2.26 bits per heavy atom. The van der Waals surface area contributed by atoms with Gasteiger partial charge in [-0.05, 0) is 5.56 Å². The van der Waals surface area contributed by atoms with Crippen molar-refractivity contribution in [3.8, 4) is 0 Å². The lowest BCUT2D eigenvalue weighted by molar-refractivity contribution is -0.494. The zero-order valence-electron chi connectivity index (χ0n) is 10.7. The van der Waals surface area contributed by atoms with E-state index in [4.69, 9.17) is 9.05 Å². The highest BCUT2D eigenvalue weighted by Gasteiger charge is 2.53. The molecule has 0 amide bonds. The van der Waals surface area contributed by atoms with E-state index >= 15 is 0 Å². The van der Waals surface area contributed by atoms with Gasteiger partial charge in [-0.3, -0.25) is 14.7 Å². The highest BCUT2D eigenvalue weighted by molar-refractivity contribution is 7.55. The first-order chi connectivity index (χ1) is 8.87. The van der Waals surface area contributed by atoms with E-state index in [0.29, 0.717) is 5.56 Å². The molecule has 0 aliphatic rings. The predicted octanol–water partition coefficient (Wildman–Crippen LogP) is 1.68. The zero-order valence-corrected chi connectivity index (χ0v) is 11.6. The molecule has 0 aliphatic carbocycles. The van der Waals surface area contributed by atoms with E-state index in [0.717, 1.165) is 14.2 Å². The Hall–Kier alpha value is -1.27. The monoisotopic (exact) mass is 289 g/mol. The maximum Gasteiger partial charge on any atom is 0.368 e. The average molecular weight is 289 g/mol. The second kappa shape index (κ2) is 6.25. The highest BCUT2D eigenvalue weighted by Crippen LogP contribution is 2.58. The van der Waals surface area contributed by atoms with Gasteiger partial charge in [-0.1, -0.05) is 30.3 Å². The van der Waals surface area contributed by atoms with E-state index in [1.165, 1.54) is 0 Å². The molecule has 0 radical (unpaired) electrons. The molecule has 0 bridgehead atoms. The molecule has 8 heteroatoms. The number of rotatable bonds is 7. The van der Waals surface area contributed by atoms with Crippen molar-refractivity contribution < 1.29 is 23.6 Å². The molecule has 0 saturated carbocycles. The molecule has 19 heavy (non-hydrogen) atoms. The lowest BCUT2D eigenvalue weighted by atomic mass is 10.1. The largest absolute Gasteiger partial charge is 0.372 e. The molecule has 0 heterocycles. The van der Waals surface area contributed by atoms with Crippen LogP contribution in [0.2, 0.25) is 0 Å². The fourth-order valence-corrected chi connectivity index (χ4v) is 3.28. The summed E-state index contributed by atoms with van der Waals surface area (Å²) in [5.74, 6) is 0. The predicted molar refractivity (Wildman–Crippen MR) is 68.6 cm³/mol. The van der Waals surface area contributed by atoms with Crippen LogP contribution < -0.4 is 0 Å². The number of aliphatic hydroxyl groups is 1. The SMILES string of the molecule is COP(=O)(OC)C(O)(Cc1ccccc1)C[N+](=O)[O-]. The van der Waals surface area contributed by atoms with Gasteiger partial charge < -0.3 is 14.2 Å². The fraction of sp³-hybridized carbons (Fsp3) is 0.455. The summed E-state index contributed by atoms with van der Waals surface area (Å²) in [5.41, 5.74) is 0.598. The van der Waals surface area contributed by atoms with Gasteiger partial charge >= 0.3 is 7.60 Å². The Balaban J connectivity index is 3.13. The van der Waals surface area contributed by atoms with Crippen molar-refractivity contribution in [2.75, 3.05) is 20.8 Å². The number of benzene rings is 1. The smallest absolute Gasteiger partial charge is 0.368 e. The second-order valence-electron chi connectivity index (χ2n) is 4.00. The Bertz CT molecular complexity index is 471. The molecule has 1 unspecified atom stereocenters. The van der Waals surface area contributed by atoms with Crippen LogP contribution in [0.4, 0.5) is 0 Å². The van der Waals surface area contributed by atoms with Crippen molar-refractivity contribution >= 4 is 7.60 Å². The lowest BCUT2D eigenvalue weighted by Crippen LogP contribution is -2.40. The first kappa shape index (κ1) is 15.8. The molecule has 0 aliphatic heterocycles. The number of nitrogens with zero attached hydrogens (tertiary/aromatic N) is 1. The minimum atomic E-state index is -4.01. The van der Waals surface area contributed by atoms with Gasteiger partial charge in [-0.15, -0.1) is 0 Å². The Morgan fingerprint density at radius 1 is 1.32 bits per heavy atom. The van der Waals surface area contributed by atoms with E-state index < -0.39 is 24.4 Å². The molecule has 0 aromatic heterocycles. The molecule has 7 nitrogen and oxygen atoms in total. The van der Waals surface area contributed by atoms with Crippen LogP contribution in [0.1, 0.15) is 5.56 Å². The summed E-state index contributed by atoms with van der Waals surface area (Å²) in [6.07, 6.45) is -0.201. The van der Waals surface area contributed by atoms with Crippen molar-refractivity contribution in [3.63, 3.8) is 0 Å². The molecule has 1 aromatic carbocycles. The van der Waals surface area contributed by atoms with Crippen molar-refractivity contribution in [1.82, 2.24) is 0 Å². The van der Waals surface area contributed by atoms with Crippen LogP contribution in [0.25, 0.3) is 0 Å². The highest BCUT2D eigenvalue weighted by atomic mass is 31.2. The third-order valence-corrected chi connectivity index (χ3v) is 4.98. The maximum atomic E-state index is 12.3. The average Bonchev–Trinajstić information content (AvgIpc) is 2.37. The van der Waals surface area contributed by atoms with Crippen molar-refractivity contribution in [2.45, 2.75) is 11.8 Å². The van der Waals surface area contributed by atoms with E-state index in [9.17, 15) is 19.8 Å². The maximum absolute atomic E-state index is 12.3. The summed E-state index contributed by atoms with van der Waals surface area (Å²) in [6.45, 7) is -0.930. The molecule has 0 spiro atoms. The fourth-order valence-electron chi connectivity index (χ4n) is 1.78. The number of hydrogen-bond donors (Lipinski definition) is 1. The van der Waals surface area contributed by atoms with E-state index in [-0.39, 0.29) is 6.42 Å². The molecule has 1 N–H and O–H groups in total. The zero-order chi connectivity index (χ0) is 14.5. The summed E-state index contributed by atoms with van der Waals surface area (Å²) in [4.78, 5) is 9.95. The normalized spacial score (nSPS) is 14.9. The van der Waals surface area contributed by atoms with Crippen LogP contribution >= 0.6 is 7.60 Å². The van der Waals surface area contributed by atoms with Crippen LogP contribution in [0.15, 0.2) is 30.3 Å². The summed E-state index contributed by atoms with van der Waals surface area (Å²) in [5, 5.41) is 18.9. The Morgan fingerprint density at radius 2 is 1.84 bits per heavy atom. The van der Waals surface area contributed by atoms with Crippen LogP contribution in [0, 0.1) is 10.1 Å². The summed E-state index contributed by atoms with van der Waals surface area (Å²) >= 11 is 0. The van der Waals surface area contributed by atoms with Gasteiger partial charge in [-0.2, -0.15) is 0 Å². The van der Waals surface area contributed by atoms with Crippen LogP contribution in [0.5, 0.6) is 0 Å².